The smallest absolute Gasteiger partial charge is 0.305 e. The maximum absolute atomic E-state index is 10.7. The lowest BCUT2D eigenvalue weighted by Crippen LogP contribution is -2.21. The Morgan fingerprint density at radius 3 is 2.89 bits per heavy atom. The summed E-state index contributed by atoms with van der Waals surface area (Å²) < 4.78 is 0. The zero-order chi connectivity index (χ0) is 13.5. The molecule has 0 aromatic carbocycles. The van der Waals surface area contributed by atoms with Gasteiger partial charge in [-0.1, -0.05) is 6.92 Å². The Hall–Kier alpha value is -1.81. The molecule has 1 rings (SSSR count). The van der Waals surface area contributed by atoms with E-state index in [4.69, 9.17) is 5.26 Å². The van der Waals surface area contributed by atoms with Crippen LogP contribution in [0.3, 0.4) is 0 Å². The standard InChI is InChI=1S/C11H14N4O2S/c1-3-8(7-18-2)13-11-5-4-10(15(16)17)9(6-12)14-11/h4-5,8H,3,7H2,1-2H3,(H,13,14). The summed E-state index contributed by atoms with van der Waals surface area (Å²) in [5, 5.41) is 22.7. The van der Waals surface area contributed by atoms with Gasteiger partial charge in [0, 0.05) is 17.9 Å². The summed E-state index contributed by atoms with van der Waals surface area (Å²) in [6.07, 6.45) is 2.93. The van der Waals surface area contributed by atoms with Gasteiger partial charge in [0.2, 0.25) is 5.69 Å². The van der Waals surface area contributed by atoms with Gasteiger partial charge in [0.15, 0.2) is 0 Å². The molecule has 96 valence electrons. The molecule has 1 atom stereocenters. The molecule has 0 saturated carbocycles. The maximum Gasteiger partial charge on any atom is 0.305 e. The number of nitrogens with one attached hydrogen (secondary N) is 1. The molecule has 1 heterocycles. The summed E-state index contributed by atoms with van der Waals surface area (Å²) >= 11 is 1.71. The molecule has 6 nitrogen and oxygen atoms in total. The number of rotatable bonds is 6. The van der Waals surface area contributed by atoms with Crippen molar-refractivity contribution < 1.29 is 4.92 Å². The fourth-order valence-electron chi connectivity index (χ4n) is 1.43. The van der Waals surface area contributed by atoms with Crippen LogP contribution >= 0.6 is 11.8 Å². The Morgan fingerprint density at radius 2 is 2.39 bits per heavy atom. The molecule has 0 radical (unpaired) electrons. The highest BCUT2D eigenvalue weighted by atomic mass is 32.2. The van der Waals surface area contributed by atoms with E-state index in [9.17, 15) is 10.1 Å². The first-order valence-corrected chi connectivity index (χ1v) is 6.82. The monoisotopic (exact) mass is 266 g/mol. The van der Waals surface area contributed by atoms with Gasteiger partial charge in [-0.25, -0.2) is 4.98 Å². The second-order valence-corrected chi connectivity index (χ2v) is 4.55. The predicted octanol–water partition coefficient (Wildman–Crippen LogP) is 2.41. The molecule has 0 fully saturated rings. The van der Waals surface area contributed by atoms with Gasteiger partial charge in [-0.05, 0) is 18.7 Å². The highest BCUT2D eigenvalue weighted by Crippen LogP contribution is 2.19. The molecule has 0 amide bonds. The van der Waals surface area contributed by atoms with Crippen molar-refractivity contribution in [2.24, 2.45) is 0 Å². The third-order valence-corrected chi connectivity index (χ3v) is 3.12. The van der Waals surface area contributed by atoms with Crippen molar-refractivity contribution in [3.63, 3.8) is 0 Å². The molecule has 1 aromatic rings. The van der Waals surface area contributed by atoms with Crippen LogP contribution in [-0.4, -0.2) is 28.0 Å². The summed E-state index contributed by atoms with van der Waals surface area (Å²) in [7, 11) is 0. The molecule has 0 saturated heterocycles. The number of hydrogen-bond donors (Lipinski definition) is 1. The molecule has 1 unspecified atom stereocenters. The first kappa shape index (κ1) is 14.3. The minimum atomic E-state index is -0.603. The number of nitro groups is 1. The maximum atomic E-state index is 10.7. The lowest BCUT2D eigenvalue weighted by atomic mass is 10.2. The fraction of sp³-hybridized carbons (Fsp3) is 0.455. The van der Waals surface area contributed by atoms with Crippen molar-refractivity contribution in [1.29, 1.82) is 5.26 Å². The van der Waals surface area contributed by atoms with Crippen molar-refractivity contribution in [3.05, 3.63) is 27.9 Å². The molecule has 1 N–H and O–H groups in total. The van der Waals surface area contributed by atoms with E-state index in [1.165, 1.54) is 12.1 Å². The highest BCUT2D eigenvalue weighted by molar-refractivity contribution is 7.98. The number of pyridine rings is 1. The van der Waals surface area contributed by atoms with E-state index in [0.717, 1.165) is 12.2 Å². The van der Waals surface area contributed by atoms with Crippen LogP contribution in [0.1, 0.15) is 19.0 Å². The summed E-state index contributed by atoms with van der Waals surface area (Å²) in [5.41, 5.74) is -0.426. The van der Waals surface area contributed by atoms with Gasteiger partial charge in [-0.3, -0.25) is 10.1 Å². The summed E-state index contributed by atoms with van der Waals surface area (Å²) in [5.74, 6) is 1.41. The van der Waals surface area contributed by atoms with Crippen LogP contribution in [0.25, 0.3) is 0 Å². The number of hydrogen-bond acceptors (Lipinski definition) is 6. The van der Waals surface area contributed by atoms with E-state index in [1.54, 1.807) is 17.8 Å². The summed E-state index contributed by atoms with van der Waals surface area (Å²) in [6.45, 7) is 2.05. The zero-order valence-corrected chi connectivity index (χ0v) is 11.0. The van der Waals surface area contributed by atoms with Crippen LogP contribution in [0.15, 0.2) is 12.1 Å². The van der Waals surface area contributed by atoms with E-state index in [-0.39, 0.29) is 17.4 Å². The zero-order valence-electron chi connectivity index (χ0n) is 10.2. The third-order valence-electron chi connectivity index (χ3n) is 2.39. The minimum absolute atomic E-state index is 0.163. The van der Waals surface area contributed by atoms with Crippen LogP contribution in [0, 0.1) is 21.4 Å². The average molecular weight is 266 g/mol. The van der Waals surface area contributed by atoms with Gasteiger partial charge >= 0.3 is 5.69 Å². The van der Waals surface area contributed by atoms with Gasteiger partial charge in [-0.2, -0.15) is 17.0 Å². The highest BCUT2D eigenvalue weighted by Gasteiger charge is 2.16. The number of nitrogens with zero attached hydrogens (tertiary/aromatic N) is 3. The second kappa shape index (κ2) is 6.81. The molecular formula is C11H14N4O2S. The Kier molecular flexibility index (Phi) is 5.39. The molecule has 0 aliphatic heterocycles. The molecule has 0 bridgehead atoms. The first-order valence-electron chi connectivity index (χ1n) is 5.43. The van der Waals surface area contributed by atoms with Crippen molar-refractivity contribution in [3.8, 4) is 6.07 Å². The third kappa shape index (κ3) is 3.60. The first-order chi connectivity index (χ1) is 8.62. The molecule has 0 aliphatic carbocycles. The van der Waals surface area contributed by atoms with Crippen LogP contribution in [0.5, 0.6) is 0 Å². The fourth-order valence-corrected chi connectivity index (χ4v) is 2.16. The SMILES string of the molecule is CCC(CSC)Nc1ccc([N+](=O)[O-])c(C#N)n1. The van der Waals surface area contributed by atoms with Gasteiger partial charge in [-0.15, -0.1) is 0 Å². The number of anilines is 1. The number of nitriles is 1. The Morgan fingerprint density at radius 1 is 1.67 bits per heavy atom. The van der Waals surface area contributed by atoms with Gasteiger partial charge in [0.25, 0.3) is 0 Å². The van der Waals surface area contributed by atoms with Gasteiger partial charge in [0.05, 0.1) is 4.92 Å². The van der Waals surface area contributed by atoms with Crippen molar-refractivity contribution in [2.75, 3.05) is 17.3 Å². The van der Waals surface area contributed by atoms with E-state index < -0.39 is 4.92 Å². The molecule has 7 heteroatoms. The molecular weight excluding hydrogens is 252 g/mol. The quantitative estimate of drug-likeness (QED) is 0.628. The second-order valence-electron chi connectivity index (χ2n) is 3.64. The van der Waals surface area contributed by atoms with Crippen LogP contribution < -0.4 is 5.32 Å². The topological polar surface area (TPSA) is 91.9 Å². The molecule has 0 spiro atoms. The summed E-state index contributed by atoms with van der Waals surface area (Å²) in [6, 6.07) is 4.81. The van der Waals surface area contributed by atoms with Crippen molar-refractivity contribution in [1.82, 2.24) is 4.98 Å². The molecule has 18 heavy (non-hydrogen) atoms. The largest absolute Gasteiger partial charge is 0.366 e. The summed E-state index contributed by atoms with van der Waals surface area (Å²) in [4.78, 5) is 14.0. The molecule has 1 aromatic heterocycles. The minimum Gasteiger partial charge on any atom is -0.366 e. The predicted molar refractivity (Wildman–Crippen MR) is 71.7 cm³/mol. The van der Waals surface area contributed by atoms with E-state index in [0.29, 0.717) is 5.82 Å². The van der Waals surface area contributed by atoms with Crippen LogP contribution in [-0.2, 0) is 0 Å². The van der Waals surface area contributed by atoms with E-state index >= 15 is 0 Å². The van der Waals surface area contributed by atoms with Crippen molar-refractivity contribution >= 4 is 23.3 Å². The Labute approximate surface area is 110 Å². The van der Waals surface area contributed by atoms with E-state index in [2.05, 4.69) is 10.3 Å². The van der Waals surface area contributed by atoms with Gasteiger partial charge < -0.3 is 5.32 Å². The average Bonchev–Trinajstić information content (AvgIpc) is 2.37. The Bertz CT molecular complexity index is 473. The van der Waals surface area contributed by atoms with Crippen LogP contribution in [0.2, 0.25) is 0 Å². The van der Waals surface area contributed by atoms with E-state index in [1.807, 2.05) is 13.2 Å². The lowest BCUT2D eigenvalue weighted by molar-refractivity contribution is -0.385. The number of aromatic nitrogens is 1. The lowest BCUT2D eigenvalue weighted by Gasteiger charge is -2.16. The molecule has 0 aliphatic rings. The normalized spacial score (nSPS) is 11.6. The van der Waals surface area contributed by atoms with Crippen LogP contribution in [0.4, 0.5) is 11.5 Å². The van der Waals surface area contributed by atoms with Crippen molar-refractivity contribution in [2.45, 2.75) is 19.4 Å². The Balaban J connectivity index is 2.92. The number of thioether (sulfide) groups is 1. The van der Waals surface area contributed by atoms with Gasteiger partial charge in [0.1, 0.15) is 11.9 Å².